The van der Waals surface area contributed by atoms with Gasteiger partial charge in [0.2, 0.25) is 0 Å². The first kappa shape index (κ1) is 40.8. The summed E-state index contributed by atoms with van der Waals surface area (Å²) in [6.45, 7) is 8.71. The van der Waals surface area contributed by atoms with Crippen LogP contribution in [-0.4, -0.2) is 104 Å². The zero-order valence-corrected chi connectivity index (χ0v) is 30.5. The summed E-state index contributed by atoms with van der Waals surface area (Å²) in [6, 6.07) is 5.05. The van der Waals surface area contributed by atoms with Gasteiger partial charge in [0, 0.05) is 44.5 Å². The zero-order valence-electron chi connectivity index (χ0n) is 29.7. The molecule has 17 nitrogen and oxygen atoms in total. The molecule has 290 valence electrons. The van der Waals surface area contributed by atoms with Crippen molar-refractivity contribution < 1.29 is 51.5 Å². The first-order valence-corrected chi connectivity index (χ1v) is 16.9. The highest BCUT2D eigenvalue weighted by Gasteiger charge is 2.40. The van der Waals surface area contributed by atoms with Gasteiger partial charge in [0.15, 0.2) is 33.5 Å². The molecule has 21 heteroatoms. The molecule has 0 atom stereocenters. The predicted molar refractivity (Wildman–Crippen MR) is 187 cm³/mol. The molecule has 0 spiro atoms. The van der Waals surface area contributed by atoms with Gasteiger partial charge in [-0.15, -0.1) is 0 Å². The van der Waals surface area contributed by atoms with E-state index in [2.05, 4.69) is 25.0 Å². The Morgan fingerprint density at radius 2 is 1.63 bits per heavy atom. The molecule has 5 rings (SSSR count). The Hall–Kier alpha value is -5.92. The number of benzene rings is 1. The van der Waals surface area contributed by atoms with Crippen LogP contribution in [0, 0.1) is 0 Å². The van der Waals surface area contributed by atoms with Crippen LogP contribution in [0.1, 0.15) is 57.8 Å². The molecule has 54 heavy (non-hydrogen) atoms. The van der Waals surface area contributed by atoms with Gasteiger partial charge in [-0.3, -0.25) is 19.4 Å². The Balaban J connectivity index is 0.000000730. The third-order valence-corrected chi connectivity index (χ3v) is 8.49. The van der Waals surface area contributed by atoms with Crippen LogP contribution in [0.15, 0.2) is 30.6 Å². The van der Waals surface area contributed by atoms with E-state index in [0.717, 1.165) is 16.9 Å². The molecule has 0 bridgehead atoms. The Labute approximate surface area is 311 Å². The third-order valence-electron chi connectivity index (χ3n) is 8.21. The second-order valence-corrected chi connectivity index (χ2v) is 11.9. The maximum atomic E-state index is 13.9. The minimum atomic E-state index is -4.85. The molecule has 1 saturated heterocycles. The van der Waals surface area contributed by atoms with Crippen molar-refractivity contribution in [3.8, 4) is 11.5 Å². The minimum absolute atomic E-state index is 0.0673. The molecule has 0 saturated carbocycles. The Morgan fingerprint density at radius 1 is 0.981 bits per heavy atom. The molecular weight excluding hydrogens is 741 g/mol. The van der Waals surface area contributed by atoms with Crippen molar-refractivity contribution in [3.63, 3.8) is 0 Å². The number of anilines is 2. The number of nitrogens with two attached hydrogens (primary N) is 2. The molecule has 0 aliphatic carbocycles. The Bertz CT molecular complexity index is 2050. The number of hydrogen-bond acceptors (Lipinski definition) is 12. The maximum absolute atomic E-state index is 13.9. The lowest BCUT2D eigenvalue weighted by atomic mass is 10.1. The van der Waals surface area contributed by atoms with Crippen molar-refractivity contribution in [3.05, 3.63) is 58.4 Å². The van der Waals surface area contributed by atoms with E-state index < -0.39 is 18.1 Å². The average molecular weight is 780 g/mol. The standard InChI is InChI=1S/C30H35ClN10O5.C3H3F3O2/c1-4-40-20-12-19(30(45)39-9-7-38(8-10-39)29(44)17-11-18(42)15-34-14-17)22(46-6-3)13-21(20)41(5-2)23(40)16-35-28(43)24-26(32)37-27(33)25(31)36-24;1-8-2(7)3(4,5)6/h11-15H,4-10,16H2,1-3H3,(H5-,32,33,35,37,42,43);1H3/p+1. The van der Waals surface area contributed by atoms with Gasteiger partial charge in [-0.2, -0.15) is 13.2 Å². The van der Waals surface area contributed by atoms with Crippen LogP contribution in [0.3, 0.4) is 0 Å². The number of aryl methyl sites for hydroxylation is 2. The number of esters is 1. The molecule has 0 unspecified atom stereocenters. The van der Waals surface area contributed by atoms with E-state index in [1.54, 1.807) is 9.80 Å². The minimum Gasteiger partial charge on any atom is -0.506 e. The van der Waals surface area contributed by atoms with Crippen molar-refractivity contribution in [2.45, 2.75) is 46.6 Å². The number of hydrogen-bond donors (Lipinski definition) is 4. The molecule has 6 N–H and O–H groups in total. The quantitative estimate of drug-likeness (QED) is 0.142. The fourth-order valence-electron chi connectivity index (χ4n) is 5.73. The van der Waals surface area contributed by atoms with Crippen LogP contribution >= 0.6 is 11.6 Å². The van der Waals surface area contributed by atoms with Gasteiger partial charge in [0.05, 0.1) is 44.1 Å². The molecule has 1 aromatic carbocycles. The predicted octanol–water partition coefficient (Wildman–Crippen LogP) is 2.33. The lowest BCUT2D eigenvalue weighted by Gasteiger charge is -2.35. The zero-order chi connectivity index (χ0) is 39.9. The van der Waals surface area contributed by atoms with Crippen LogP contribution < -0.4 is 26.1 Å². The number of amides is 3. The lowest BCUT2D eigenvalue weighted by molar-refractivity contribution is -0.676. The number of methoxy groups -OCH3 is 1. The smallest absolute Gasteiger partial charge is 0.490 e. The highest BCUT2D eigenvalue weighted by molar-refractivity contribution is 6.31. The first-order chi connectivity index (χ1) is 25.6. The molecule has 3 aromatic heterocycles. The van der Waals surface area contributed by atoms with E-state index in [0.29, 0.717) is 64.3 Å². The van der Waals surface area contributed by atoms with Crippen molar-refractivity contribution in [1.29, 1.82) is 0 Å². The number of imidazole rings is 1. The summed E-state index contributed by atoms with van der Waals surface area (Å²) >= 11 is 5.97. The number of aromatic nitrogens is 5. The van der Waals surface area contributed by atoms with Gasteiger partial charge < -0.3 is 41.2 Å². The fourth-order valence-corrected chi connectivity index (χ4v) is 5.86. The van der Waals surface area contributed by atoms with Gasteiger partial charge in [0.25, 0.3) is 23.5 Å². The second kappa shape index (κ2) is 17.3. The van der Waals surface area contributed by atoms with Gasteiger partial charge in [-0.25, -0.2) is 23.9 Å². The summed E-state index contributed by atoms with van der Waals surface area (Å²) in [7, 11) is 0.676. The number of alkyl halides is 3. The number of halogens is 4. The van der Waals surface area contributed by atoms with Crippen molar-refractivity contribution in [2.24, 2.45) is 0 Å². The van der Waals surface area contributed by atoms with Crippen LogP contribution in [0.4, 0.5) is 24.8 Å². The average Bonchev–Trinajstić information content (AvgIpc) is 3.45. The van der Waals surface area contributed by atoms with E-state index >= 15 is 0 Å². The van der Waals surface area contributed by atoms with E-state index in [1.807, 2.05) is 42.0 Å². The van der Waals surface area contributed by atoms with Crippen molar-refractivity contribution >= 4 is 58.0 Å². The number of aromatic hydroxyl groups is 1. The normalized spacial score (nSPS) is 12.9. The van der Waals surface area contributed by atoms with Gasteiger partial charge in [-0.1, -0.05) is 11.6 Å². The molecule has 1 aliphatic heterocycles. The van der Waals surface area contributed by atoms with E-state index in [-0.39, 0.29) is 52.2 Å². The third kappa shape index (κ3) is 8.99. The van der Waals surface area contributed by atoms with Crippen LogP contribution in [-0.2, 0) is 29.2 Å². The largest absolute Gasteiger partial charge is 0.506 e. The number of carbonyl (C=O) groups excluding carboxylic acids is 4. The van der Waals surface area contributed by atoms with Crippen molar-refractivity contribution in [1.82, 2.24) is 34.6 Å². The van der Waals surface area contributed by atoms with E-state index in [9.17, 15) is 37.5 Å². The Morgan fingerprint density at radius 3 is 2.17 bits per heavy atom. The molecule has 1 fully saturated rings. The summed E-state index contributed by atoms with van der Waals surface area (Å²) in [5.41, 5.74) is 13.7. The number of piperazine rings is 1. The number of nitrogens with one attached hydrogen (secondary N) is 1. The molecule has 4 aromatic rings. The number of carbonyl (C=O) groups is 4. The summed E-state index contributed by atoms with van der Waals surface area (Å²) in [6.07, 6.45) is -2.18. The number of ether oxygens (including phenoxy) is 2. The van der Waals surface area contributed by atoms with Gasteiger partial charge in [-0.05, 0) is 26.8 Å². The summed E-state index contributed by atoms with van der Waals surface area (Å²) < 4.78 is 46.3. The number of rotatable bonds is 9. The van der Waals surface area contributed by atoms with Crippen molar-refractivity contribution in [2.75, 3.05) is 51.4 Å². The highest BCUT2D eigenvalue weighted by atomic mass is 35.5. The Kier molecular flexibility index (Phi) is 13.1. The van der Waals surface area contributed by atoms with Crippen LogP contribution in [0.5, 0.6) is 11.5 Å². The number of nitrogens with zero attached hydrogens (tertiary/aromatic N) is 7. The summed E-state index contributed by atoms with van der Waals surface area (Å²) in [5, 5.41) is 12.4. The van der Waals surface area contributed by atoms with E-state index in [4.69, 9.17) is 27.8 Å². The SMILES string of the molecule is CCOc1cc2c(cc1C(=O)N1CCN(C(=O)c3cncc(O)c3)CC1)n(CC)c(CNC(=O)c1nc(Cl)c(N)nc1N)[n+]2CC.COC(=O)C(F)(F)F. The van der Waals surface area contributed by atoms with Crippen LogP contribution in [0.2, 0.25) is 5.15 Å². The van der Waals surface area contributed by atoms with Gasteiger partial charge >= 0.3 is 12.1 Å². The molecule has 3 amide bonds. The first-order valence-electron chi connectivity index (χ1n) is 16.5. The molecule has 4 heterocycles. The number of fused-ring (bicyclic) bond motifs is 1. The second-order valence-electron chi connectivity index (χ2n) is 11.5. The lowest BCUT2D eigenvalue weighted by Crippen LogP contribution is -2.50. The maximum Gasteiger partial charge on any atom is 0.490 e. The fraction of sp³-hybridized carbons (Fsp3) is 0.394. The molecule has 1 aliphatic rings. The monoisotopic (exact) mass is 779 g/mol. The topological polar surface area (TPSA) is 225 Å². The van der Waals surface area contributed by atoms with E-state index in [1.165, 1.54) is 18.5 Å². The molecule has 0 radical (unpaired) electrons. The highest BCUT2D eigenvalue weighted by Crippen LogP contribution is 2.29. The van der Waals surface area contributed by atoms with Crippen LogP contribution in [0.25, 0.3) is 11.0 Å². The number of nitrogen functional groups attached to an aromatic ring is 2. The summed E-state index contributed by atoms with van der Waals surface area (Å²) in [4.78, 5) is 64.5. The summed E-state index contributed by atoms with van der Waals surface area (Å²) in [5.74, 6) is -2.28. The van der Waals surface area contributed by atoms with Gasteiger partial charge in [0.1, 0.15) is 18.0 Å². The molecular formula is C33H39ClF3N10O7+. The number of pyridine rings is 1.